The van der Waals surface area contributed by atoms with Gasteiger partial charge in [0.15, 0.2) is 5.75 Å². The maximum absolute atomic E-state index is 13.9. The highest BCUT2D eigenvalue weighted by atomic mass is 35.5. The van der Waals surface area contributed by atoms with Gasteiger partial charge in [-0.25, -0.2) is 0 Å². The van der Waals surface area contributed by atoms with Gasteiger partial charge in [-0.15, -0.1) is 11.3 Å². The van der Waals surface area contributed by atoms with Crippen LogP contribution < -0.4 is 20.3 Å². The summed E-state index contributed by atoms with van der Waals surface area (Å²) >= 11 is 7.16. The van der Waals surface area contributed by atoms with E-state index in [4.69, 9.17) is 21.1 Å². The van der Waals surface area contributed by atoms with Gasteiger partial charge in [0.1, 0.15) is 12.6 Å². The first-order valence-corrected chi connectivity index (χ1v) is 15.5. The molecule has 13 heteroatoms. The Morgan fingerprint density at radius 3 is 2.40 bits per heavy atom. The van der Waals surface area contributed by atoms with Crippen molar-refractivity contribution in [2.75, 3.05) is 49.6 Å². The summed E-state index contributed by atoms with van der Waals surface area (Å²) in [5, 5.41) is 5.67. The number of nitrogens with one attached hydrogen (secondary N) is 2. The summed E-state index contributed by atoms with van der Waals surface area (Å²) in [5.41, 5.74) is 0.422. The van der Waals surface area contributed by atoms with Gasteiger partial charge in [0.25, 0.3) is 11.8 Å². The molecule has 0 spiro atoms. The lowest BCUT2D eigenvalue weighted by Gasteiger charge is -2.40. The van der Waals surface area contributed by atoms with E-state index in [0.29, 0.717) is 46.4 Å². The van der Waals surface area contributed by atoms with Crippen molar-refractivity contribution in [3.8, 4) is 5.75 Å². The van der Waals surface area contributed by atoms with Crippen molar-refractivity contribution in [2.45, 2.75) is 51.2 Å². The zero-order valence-electron chi connectivity index (χ0n) is 23.2. The number of hydrogen-bond acceptors (Lipinski definition) is 7. The van der Waals surface area contributed by atoms with Crippen molar-refractivity contribution in [2.24, 2.45) is 11.8 Å². The highest BCUT2D eigenvalue weighted by Crippen LogP contribution is 2.34. The SMILES string of the molecule is O=C(NC[C@@H](C(=O)Nc1ccc(N2CCOCC2=O)cc1OC(F)F)N(CC1CCC1)CC1CCC1)c1ccc(Cl)s1. The molecule has 5 rings (SSSR count). The summed E-state index contributed by atoms with van der Waals surface area (Å²) in [7, 11) is 0. The number of thiophene rings is 1. The lowest BCUT2D eigenvalue weighted by molar-refractivity contribution is -0.125. The number of carbonyl (C=O) groups excluding carboxylic acids is 3. The van der Waals surface area contributed by atoms with Crippen LogP contribution in [0, 0.1) is 11.8 Å². The molecule has 2 N–H and O–H groups in total. The van der Waals surface area contributed by atoms with Crippen LogP contribution in [-0.2, 0) is 14.3 Å². The van der Waals surface area contributed by atoms with E-state index in [2.05, 4.69) is 15.5 Å². The first-order valence-electron chi connectivity index (χ1n) is 14.3. The third kappa shape index (κ3) is 7.77. The second kappa shape index (κ2) is 14.1. The molecule has 1 aliphatic heterocycles. The Balaban J connectivity index is 1.38. The molecule has 2 saturated carbocycles. The number of benzene rings is 1. The standard InChI is InChI=1S/C29H35ClF2N4O5S/c30-25-10-9-24(42-25)28(39)33-14-22(35(15-18-3-1-4-18)16-19-5-2-6-19)27(38)34-21-8-7-20(13-23(21)41-29(31)32)36-11-12-40-17-26(36)37/h7-10,13,18-19,22,29H,1-6,11-12,14-17H2,(H,33,39)(H,34,38)/t22-/m0/s1. The molecule has 2 aromatic rings. The van der Waals surface area contributed by atoms with Gasteiger partial charge in [0, 0.05) is 37.9 Å². The summed E-state index contributed by atoms with van der Waals surface area (Å²) in [4.78, 5) is 43.1. The van der Waals surface area contributed by atoms with Crippen LogP contribution in [0.2, 0.25) is 4.34 Å². The number of amides is 3. The van der Waals surface area contributed by atoms with Crippen molar-refractivity contribution >= 4 is 52.0 Å². The summed E-state index contributed by atoms with van der Waals surface area (Å²) in [5.74, 6) is -0.390. The van der Waals surface area contributed by atoms with E-state index in [0.717, 1.165) is 49.9 Å². The predicted octanol–water partition coefficient (Wildman–Crippen LogP) is 5.01. The maximum atomic E-state index is 13.9. The number of alkyl halides is 2. The zero-order valence-corrected chi connectivity index (χ0v) is 24.7. The van der Waals surface area contributed by atoms with Crippen molar-refractivity contribution < 1.29 is 32.6 Å². The fraction of sp³-hybridized carbons (Fsp3) is 0.552. The molecule has 1 aromatic carbocycles. The normalized spacial score (nSPS) is 18.5. The third-order valence-corrected chi connectivity index (χ3v) is 9.40. The van der Waals surface area contributed by atoms with Gasteiger partial charge in [-0.1, -0.05) is 24.4 Å². The minimum Gasteiger partial charge on any atom is -0.433 e. The number of halogens is 3. The largest absolute Gasteiger partial charge is 0.433 e. The molecule has 42 heavy (non-hydrogen) atoms. The van der Waals surface area contributed by atoms with Crippen molar-refractivity contribution in [1.82, 2.24) is 10.2 Å². The molecule has 1 saturated heterocycles. The van der Waals surface area contributed by atoms with Gasteiger partial charge < -0.3 is 25.0 Å². The number of hydrogen-bond donors (Lipinski definition) is 2. The Kier molecular flexibility index (Phi) is 10.3. The van der Waals surface area contributed by atoms with Gasteiger partial charge in [-0.3, -0.25) is 19.3 Å². The summed E-state index contributed by atoms with van der Waals surface area (Å²) in [6.45, 7) is -1.19. The minimum atomic E-state index is -3.14. The number of anilines is 2. The van der Waals surface area contributed by atoms with Gasteiger partial charge >= 0.3 is 6.61 Å². The van der Waals surface area contributed by atoms with Crippen LogP contribution in [0.1, 0.15) is 48.2 Å². The predicted molar refractivity (Wildman–Crippen MR) is 157 cm³/mol. The number of morpholine rings is 1. The number of nitrogens with zero attached hydrogens (tertiary/aromatic N) is 2. The fourth-order valence-electron chi connectivity index (χ4n) is 5.43. The highest BCUT2D eigenvalue weighted by molar-refractivity contribution is 7.18. The Hall–Kier alpha value is -2.80. The molecule has 2 heterocycles. The van der Waals surface area contributed by atoms with E-state index in [9.17, 15) is 23.2 Å². The van der Waals surface area contributed by atoms with Crippen LogP contribution in [0.3, 0.4) is 0 Å². The molecule has 1 atom stereocenters. The topological polar surface area (TPSA) is 100 Å². The maximum Gasteiger partial charge on any atom is 0.387 e. The van der Waals surface area contributed by atoms with Crippen LogP contribution in [-0.4, -0.2) is 74.7 Å². The van der Waals surface area contributed by atoms with E-state index in [1.807, 2.05) is 0 Å². The smallest absolute Gasteiger partial charge is 0.387 e. The Morgan fingerprint density at radius 1 is 1.12 bits per heavy atom. The Labute approximate surface area is 252 Å². The van der Waals surface area contributed by atoms with E-state index in [1.54, 1.807) is 18.2 Å². The van der Waals surface area contributed by atoms with E-state index in [-0.39, 0.29) is 42.9 Å². The molecule has 9 nitrogen and oxygen atoms in total. The van der Waals surface area contributed by atoms with Crippen LogP contribution >= 0.6 is 22.9 Å². The summed E-state index contributed by atoms with van der Waals surface area (Å²) in [6.07, 6.45) is 6.66. The molecule has 3 fully saturated rings. The van der Waals surface area contributed by atoms with Crippen LogP contribution in [0.5, 0.6) is 5.75 Å². The number of ether oxygens (including phenoxy) is 2. The molecule has 3 amide bonds. The molecule has 0 unspecified atom stereocenters. The van der Waals surface area contributed by atoms with E-state index in [1.165, 1.54) is 17.0 Å². The van der Waals surface area contributed by atoms with Crippen molar-refractivity contribution in [3.63, 3.8) is 0 Å². The molecule has 3 aliphatic rings. The van der Waals surface area contributed by atoms with Crippen molar-refractivity contribution in [3.05, 3.63) is 39.5 Å². The van der Waals surface area contributed by atoms with Gasteiger partial charge in [-0.05, 0) is 61.8 Å². The first kappa shape index (κ1) is 30.7. The molecule has 1 aromatic heterocycles. The van der Waals surface area contributed by atoms with Crippen LogP contribution in [0.25, 0.3) is 0 Å². The fourth-order valence-corrected chi connectivity index (χ4v) is 6.39. The van der Waals surface area contributed by atoms with Crippen LogP contribution in [0.15, 0.2) is 30.3 Å². The van der Waals surface area contributed by atoms with Gasteiger partial charge in [0.2, 0.25) is 5.91 Å². The minimum absolute atomic E-state index is 0.0328. The molecule has 0 radical (unpaired) electrons. The number of rotatable bonds is 13. The third-order valence-electron chi connectivity index (χ3n) is 8.17. The molecule has 0 bridgehead atoms. The lowest BCUT2D eigenvalue weighted by Crippen LogP contribution is -2.54. The second-order valence-electron chi connectivity index (χ2n) is 11.0. The molecule has 228 valence electrons. The molecular formula is C29H35ClF2N4O5S. The molecule has 2 aliphatic carbocycles. The van der Waals surface area contributed by atoms with Gasteiger partial charge in [-0.2, -0.15) is 8.78 Å². The van der Waals surface area contributed by atoms with E-state index >= 15 is 0 Å². The van der Waals surface area contributed by atoms with E-state index < -0.39 is 18.6 Å². The highest BCUT2D eigenvalue weighted by Gasteiger charge is 2.34. The Bertz CT molecular complexity index is 1260. The average Bonchev–Trinajstić information content (AvgIpc) is 3.35. The summed E-state index contributed by atoms with van der Waals surface area (Å²) in [6, 6.07) is 6.89. The second-order valence-corrected chi connectivity index (χ2v) is 12.7. The summed E-state index contributed by atoms with van der Waals surface area (Å²) < 4.78 is 37.3. The monoisotopic (exact) mass is 624 g/mol. The van der Waals surface area contributed by atoms with Crippen molar-refractivity contribution in [1.29, 1.82) is 0 Å². The van der Waals surface area contributed by atoms with Gasteiger partial charge in [0.05, 0.1) is 21.5 Å². The molecular weight excluding hydrogens is 590 g/mol. The number of carbonyl (C=O) groups is 3. The first-order chi connectivity index (χ1) is 20.3. The Morgan fingerprint density at radius 2 is 1.83 bits per heavy atom. The van der Waals surface area contributed by atoms with Crippen LogP contribution in [0.4, 0.5) is 20.2 Å². The zero-order chi connectivity index (χ0) is 29.6. The lowest BCUT2D eigenvalue weighted by atomic mass is 9.82. The quantitative estimate of drug-likeness (QED) is 0.325. The average molecular weight is 625 g/mol.